The van der Waals surface area contributed by atoms with E-state index in [9.17, 15) is 4.79 Å². The largest absolute Gasteiger partial charge is 0.465 e. The molecule has 1 aromatic heterocycles. The highest BCUT2D eigenvalue weighted by atomic mass is 35.5. The molecule has 2 rings (SSSR count). The Morgan fingerprint density at radius 2 is 2.10 bits per heavy atom. The van der Waals surface area contributed by atoms with Crippen molar-refractivity contribution >= 4 is 23.4 Å². The predicted molar refractivity (Wildman–Crippen MR) is 83.8 cm³/mol. The number of benzene rings is 1. The molecular formula is C16H17ClN2O2. The van der Waals surface area contributed by atoms with E-state index in [-0.39, 0.29) is 12.0 Å². The smallest absolute Gasteiger partial charge is 0.339 e. The van der Waals surface area contributed by atoms with E-state index in [2.05, 4.69) is 10.3 Å². The van der Waals surface area contributed by atoms with Crippen LogP contribution in [0.5, 0.6) is 0 Å². The first-order valence-corrected chi connectivity index (χ1v) is 6.97. The normalized spacial score (nSPS) is 11.8. The van der Waals surface area contributed by atoms with Crippen molar-refractivity contribution in [1.82, 2.24) is 4.98 Å². The van der Waals surface area contributed by atoms with Crippen LogP contribution in [0.1, 0.15) is 34.6 Å². The summed E-state index contributed by atoms with van der Waals surface area (Å²) >= 11 is 5.99. The fourth-order valence-electron chi connectivity index (χ4n) is 2.05. The summed E-state index contributed by atoms with van der Waals surface area (Å²) in [5, 5.41) is 3.99. The molecule has 0 aliphatic rings. The third-order valence-corrected chi connectivity index (χ3v) is 3.44. The first-order chi connectivity index (χ1) is 10.0. The highest BCUT2D eigenvalue weighted by Gasteiger charge is 2.12. The molecule has 0 spiro atoms. The molecule has 5 heteroatoms. The lowest BCUT2D eigenvalue weighted by Gasteiger charge is -2.16. The van der Waals surface area contributed by atoms with E-state index in [1.807, 2.05) is 31.2 Å². The van der Waals surface area contributed by atoms with E-state index >= 15 is 0 Å². The van der Waals surface area contributed by atoms with Crippen LogP contribution < -0.4 is 5.32 Å². The van der Waals surface area contributed by atoms with Crippen molar-refractivity contribution in [3.05, 3.63) is 58.2 Å². The van der Waals surface area contributed by atoms with Crippen LogP contribution in [0.25, 0.3) is 0 Å². The van der Waals surface area contributed by atoms with Gasteiger partial charge in [-0.25, -0.2) is 9.78 Å². The molecule has 1 unspecified atom stereocenters. The fourth-order valence-corrected chi connectivity index (χ4v) is 2.25. The number of nitrogens with zero attached hydrogens (tertiary/aromatic N) is 1. The molecule has 0 radical (unpaired) electrons. The van der Waals surface area contributed by atoms with Crippen molar-refractivity contribution in [3.63, 3.8) is 0 Å². The van der Waals surface area contributed by atoms with Gasteiger partial charge in [-0.3, -0.25) is 0 Å². The Morgan fingerprint density at radius 1 is 1.33 bits per heavy atom. The molecule has 0 aliphatic heterocycles. The Hall–Kier alpha value is -2.07. The summed E-state index contributed by atoms with van der Waals surface area (Å²) in [5.41, 5.74) is 2.17. The average Bonchev–Trinajstić information content (AvgIpc) is 2.46. The Kier molecular flexibility index (Phi) is 4.81. The SMILES string of the molecule is COC(=O)c1ccc(NC(C)c2cccc(Cl)c2)nc1C. The van der Waals surface area contributed by atoms with Crippen molar-refractivity contribution < 1.29 is 9.53 Å². The molecule has 1 aromatic carbocycles. The molecule has 0 saturated heterocycles. The van der Waals surface area contributed by atoms with Crippen LogP contribution in [-0.2, 0) is 4.74 Å². The van der Waals surface area contributed by atoms with Crippen LogP contribution in [0.4, 0.5) is 5.82 Å². The van der Waals surface area contributed by atoms with Gasteiger partial charge in [0.15, 0.2) is 0 Å². The monoisotopic (exact) mass is 304 g/mol. The van der Waals surface area contributed by atoms with E-state index in [0.29, 0.717) is 22.1 Å². The lowest BCUT2D eigenvalue weighted by atomic mass is 10.1. The van der Waals surface area contributed by atoms with Gasteiger partial charge in [0.1, 0.15) is 5.82 Å². The van der Waals surface area contributed by atoms with Crippen molar-refractivity contribution in [2.45, 2.75) is 19.9 Å². The third kappa shape index (κ3) is 3.73. The van der Waals surface area contributed by atoms with Crippen molar-refractivity contribution in [1.29, 1.82) is 0 Å². The maximum atomic E-state index is 11.5. The molecule has 1 N–H and O–H groups in total. The molecular weight excluding hydrogens is 288 g/mol. The standard InChI is InChI=1S/C16H17ClN2O2/c1-10(12-5-4-6-13(17)9-12)18-15-8-7-14(11(2)19-15)16(20)21-3/h4-10H,1-3H3,(H,18,19). The number of esters is 1. The van der Waals surface area contributed by atoms with E-state index in [1.54, 1.807) is 19.1 Å². The van der Waals surface area contributed by atoms with E-state index in [4.69, 9.17) is 16.3 Å². The molecule has 2 aromatic rings. The average molecular weight is 305 g/mol. The summed E-state index contributed by atoms with van der Waals surface area (Å²) in [4.78, 5) is 15.9. The topological polar surface area (TPSA) is 51.2 Å². The third-order valence-electron chi connectivity index (χ3n) is 3.20. The second-order valence-corrected chi connectivity index (χ2v) is 5.18. The number of anilines is 1. The summed E-state index contributed by atoms with van der Waals surface area (Å²) in [7, 11) is 1.36. The van der Waals surface area contributed by atoms with Gasteiger partial charge in [-0.05, 0) is 43.7 Å². The van der Waals surface area contributed by atoms with Crippen LogP contribution in [-0.4, -0.2) is 18.1 Å². The number of ether oxygens (including phenoxy) is 1. The lowest BCUT2D eigenvalue weighted by molar-refractivity contribution is 0.0599. The number of carbonyl (C=O) groups excluding carboxylic acids is 1. The predicted octanol–water partition coefficient (Wildman–Crippen LogP) is 4.00. The van der Waals surface area contributed by atoms with Crippen molar-refractivity contribution in [2.24, 2.45) is 0 Å². The van der Waals surface area contributed by atoms with Gasteiger partial charge in [0, 0.05) is 11.1 Å². The van der Waals surface area contributed by atoms with Gasteiger partial charge in [0.25, 0.3) is 0 Å². The number of nitrogens with one attached hydrogen (secondary N) is 1. The number of aryl methyl sites for hydroxylation is 1. The molecule has 0 aliphatic carbocycles. The molecule has 1 heterocycles. The lowest BCUT2D eigenvalue weighted by Crippen LogP contribution is -2.10. The summed E-state index contributed by atoms with van der Waals surface area (Å²) in [6.45, 7) is 3.80. The Balaban J connectivity index is 2.16. The highest BCUT2D eigenvalue weighted by Crippen LogP contribution is 2.21. The van der Waals surface area contributed by atoms with Gasteiger partial charge in [-0.2, -0.15) is 0 Å². The number of pyridine rings is 1. The second-order valence-electron chi connectivity index (χ2n) is 4.74. The van der Waals surface area contributed by atoms with Crippen LogP contribution >= 0.6 is 11.6 Å². The molecule has 0 fully saturated rings. The molecule has 110 valence electrons. The van der Waals surface area contributed by atoms with Crippen molar-refractivity contribution in [2.75, 3.05) is 12.4 Å². The summed E-state index contributed by atoms with van der Waals surface area (Å²) in [5.74, 6) is 0.321. The quantitative estimate of drug-likeness (QED) is 0.867. The van der Waals surface area contributed by atoms with Crippen molar-refractivity contribution in [3.8, 4) is 0 Å². The maximum Gasteiger partial charge on any atom is 0.339 e. The zero-order valence-electron chi connectivity index (χ0n) is 12.2. The number of methoxy groups -OCH3 is 1. The Labute approximate surface area is 129 Å². The molecule has 0 bridgehead atoms. The van der Waals surface area contributed by atoms with E-state index in [0.717, 1.165) is 5.56 Å². The number of hydrogen-bond acceptors (Lipinski definition) is 4. The molecule has 4 nitrogen and oxygen atoms in total. The van der Waals surface area contributed by atoms with Crippen LogP contribution in [0.3, 0.4) is 0 Å². The van der Waals surface area contributed by atoms with Crippen LogP contribution in [0.15, 0.2) is 36.4 Å². The van der Waals surface area contributed by atoms with Crippen LogP contribution in [0, 0.1) is 6.92 Å². The van der Waals surface area contributed by atoms with Gasteiger partial charge in [0.05, 0.1) is 18.4 Å². The van der Waals surface area contributed by atoms with E-state index in [1.165, 1.54) is 7.11 Å². The minimum absolute atomic E-state index is 0.0552. The first kappa shape index (κ1) is 15.3. The van der Waals surface area contributed by atoms with Gasteiger partial charge in [-0.15, -0.1) is 0 Å². The number of hydrogen-bond donors (Lipinski definition) is 1. The number of rotatable bonds is 4. The fraction of sp³-hybridized carbons (Fsp3) is 0.250. The Bertz CT molecular complexity index is 658. The van der Waals surface area contributed by atoms with Gasteiger partial charge < -0.3 is 10.1 Å². The van der Waals surface area contributed by atoms with Crippen LogP contribution in [0.2, 0.25) is 5.02 Å². The zero-order chi connectivity index (χ0) is 15.4. The first-order valence-electron chi connectivity index (χ1n) is 6.59. The summed E-state index contributed by atoms with van der Waals surface area (Å²) in [6, 6.07) is 11.2. The summed E-state index contributed by atoms with van der Waals surface area (Å²) in [6.07, 6.45) is 0. The molecule has 0 saturated carbocycles. The number of aromatic nitrogens is 1. The van der Waals surface area contributed by atoms with Gasteiger partial charge >= 0.3 is 5.97 Å². The molecule has 21 heavy (non-hydrogen) atoms. The Morgan fingerprint density at radius 3 is 2.71 bits per heavy atom. The second kappa shape index (κ2) is 6.59. The summed E-state index contributed by atoms with van der Waals surface area (Å²) < 4.78 is 4.71. The number of halogens is 1. The molecule has 1 atom stereocenters. The number of carbonyl (C=O) groups is 1. The van der Waals surface area contributed by atoms with E-state index < -0.39 is 0 Å². The minimum Gasteiger partial charge on any atom is -0.465 e. The van der Waals surface area contributed by atoms with Gasteiger partial charge in [-0.1, -0.05) is 23.7 Å². The minimum atomic E-state index is -0.380. The maximum absolute atomic E-state index is 11.5. The van der Waals surface area contributed by atoms with Gasteiger partial charge in [0.2, 0.25) is 0 Å². The zero-order valence-corrected chi connectivity index (χ0v) is 12.9. The highest BCUT2D eigenvalue weighted by molar-refractivity contribution is 6.30. The molecule has 0 amide bonds.